The lowest BCUT2D eigenvalue weighted by Gasteiger charge is -2.48. The zero-order valence-corrected chi connectivity index (χ0v) is 36.9. The summed E-state index contributed by atoms with van der Waals surface area (Å²) in [4.78, 5) is 39.3. The van der Waals surface area contributed by atoms with E-state index in [1.54, 1.807) is 0 Å². The summed E-state index contributed by atoms with van der Waals surface area (Å²) in [5, 5.41) is 15.3. The Morgan fingerprint density at radius 2 is 1.59 bits per heavy atom. The highest BCUT2D eigenvalue weighted by atomic mass is 31.1. The fraction of sp³-hybridized carbons (Fsp3) is 0.550. The summed E-state index contributed by atoms with van der Waals surface area (Å²) in [6, 6.07) is 20.8. The molecule has 2 saturated heterocycles. The van der Waals surface area contributed by atoms with Gasteiger partial charge in [-0.2, -0.15) is 0 Å². The summed E-state index contributed by atoms with van der Waals surface area (Å²) in [6.07, 6.45) is 6.33. The van der Waals surface area contributed by atoms with Gasteiger partial charge < -0.3 is 32.7 Å². The fourth-order valence-electron chi connectivity index (χ4n) is 7.37. The Kier molecular flexibility index (Phi) is 14.0. The van der Waals surface area contributed by atoms with Crippen molar-refractivity contribution in [3.63, 3.8) is 0 Å². The van der Waals surface area contributed by atoms with E-state index in [0.29, 0.717) is 0 Å². The molecule has 3 aliphatic rings. The third-order valence-corrected chi connectivity index (χ3v) is 21.2. The zero-order valence-electron chi connectivity index (χ0n) is 33.9. The molecule has 306 valence electrons. The molecule has 0 radical (unpaired) electrons. The Balaban J connectivity index is 0.000000463. The highest BCUT2D eigenvalue weighted by Gasteiger charge is 2.64. The molecular formula is C40H59N4O9PSi2. The number of H-pyrrole nitrogens is 1. The zero-order chi connectivity index (χ0) is 40.9. The molecule has 0 aliphatic carbocycles. The number of hydrogen-bond donors (Lipinski definition) is 3. The second kappa shape index (κ2) is 17.8. The number of aromatic nitrogens is 2. The second-order valence-electron chi connectivity index (χ2n) is 17.1. The molecule has 4 heterocycles. The molecule has 2 aromatic carbocycles. The van der Waals surface area contributed by atoms with Crippen LogP contribution in [0, 0.1) is 6.08 Å². The minimum atomic E-state index is -3.99. The van der Waals surface area contributed by atoms with Crippen molar-refractivity contribution >= 4 is 35.3 Å². The van der Waals surface area contributed by atoms with E-state index in [1.165, 1.54) is 44.1 Å². The second-order valence-corrected chi connectivity index (χ2v) is 26.9. The molecule has 0 saturated carbocycles. The van der Waals surface area contributed by atoms with Crippen molar-refractivity contribution in [3.05, 3.63) is 106 Å². The van der Waals surface area contributed by atoms with Gasteiger partial charge in [0.15, 0.2) is 27.1 Å². The number of aliphatic hydroxyl groups excluding tert-OH is 1. The van der Waals surface area contributed by atoms with E-state index < -0.39 is 70.4 Å². The van der Waals surface area contributed by atoms with E-state index in [-0.39, 0.29) is 6.61 Å². The van der Waals surface area contributed by atoms with Crippen molar-refractivity contribution in [2.24, 2.45) is 0 Å². The number of ether oxygens (including phenoxy) is 1. The van der Waals surface area contributed by atoms with Gasteiger partial charge in [-0.25, -0.2) is 10.2 Å². The van der Waals surface area contributed by atoms with Gasteiger partial charge in [0.25, 0.3) is 19.6 Å². The van der Waals surface area contributed by atoms with Crippen molar-refractivity contribution in [2.45, 2.75) is 121 Å². The van der Waals surface area contributed by atoms with Crippen LogP contribution >= 0.6 is 8.25 Å². The lowest BCUT2D eigenvalue weighted by Crippen LogP contribution is -2.68. The Morgan fingerprint density at radius 3 is 2.14 bits per heavy atom. The van der Waals surface area contributed by atoms with Gasteiger partial charge in [0.1, 0.15) is 14.4 Å². The van der Waals surface area contributed by atoms with Crippen molar-refractivity contribution in [1.29, 1.82) is 0 Å². The topological polar surface area (TPSA) is 167 Å². The van der Waals surface area contributed by atoms with Crippen LogP contribution in [-0.4, -0.2) is 74.0 Å². The van der Waals surface area contributed by atoms with Crippen molar-refractivity contribution < 1.29 is 32.7 Å². The van der Waals surface area contributed by atoms with Gasteiger partial charge in [0.2, 0.25) is 11.9 Å². The maximum Gasteiger partial charge on any atom is 0.330 e. The van der Waals surface area contributed by atoms with E-state index in [4.69, 9.17) is 18.1 Å². The van der Waals surface area contributed by atoms with Crippen LogP contribution in [0.15, 0.2) is 88.2 Å². The van der Waals surface area contributed by atoms with Crippen molar-refractivity contribution in [3.8, 4) is 0 Å². The summed E-state index contributed by atoms with van der Waals surface area (Å²) in [7, 11) is -10.1. The van der Waals surface area contributed by atoms with Crippen LogP contribution in [0.1, 0.15) is 79.9 Å². The molecule has 13 nitrogen and oxygen atoms in total. The largest absolute Gasteiger partial charge is 0.781 e. The van der Waals surface area contributed by atoms with Crippen LogP contribution < -0.4 is 31.9 Å². The smallest absolute Gasteiger partial charge is 0.330 e. The van der Waals surface area contributed by atoms with Gasteiger partial charge in [0, 0.05) is 38.2 Å². The maximum absolute atomic E-state index is 12.9. The number of fused-ring (bicyclic) bond motifs is 1. The van der Waals surface area contributed by atoms with Crippen LogP contribution in [0.4, 0.5) is 0 Å². The molecule has 0 bridgehead atoms. The van der Waals surface area contributed by atoms with Gasteiger partial charge in [0.05, 0.1) is 6.61 Å². The van der Waals surface area contributed by atoms with Crippen LogP contribution in [0.3, 0.4) is 0 Å². The molecule has 16 heteroatoms. The number of nitrogens with one attached hydrogen (secondary N) is 2. The minimum Gasteiger partial charge on any atom is -0.781 e. The van der Waals surface area contributed by atoms with Gasteiger partial charge in [-0.1, -0.05) is 102 Å². The Morgan fingerprint density at radius 1 is 0.964 bits per heavy atom. The molecule has 3 aromatic rings. The predicted octanol–water partition coefficient (Wildman–Crippen LogP) is 4.31. The third kappa shape index (κ3) is 9.46. The summed E-state index contributed by atoms with van der Waals surface area (Å²) >= 11 is 0. The quantitative estimate of drug-likeness (QED) is 0.115. The Labute approximate surface area is 333 Å². The first-order valence-corrected chi connectivity index (χ1v) is 25.5. The summed E-state index contributed by atoms with van der Waals surface area (Å²) in [5.41, 5.74) is 3.34. The van der Waals surface area contributed by atoms with Gasteiger partial charge >= 0.3 is 5.69 Å². The highest BCUT2D eigenvalue weighted by molar-refractivity contribution is 7.30. The lowest BCUT2D eigenvalue weighted by molar-refractivity contribution is -0.251. The Bertz CT molecular complexity index is 1890. The normalized spacial score (nSPS) is 23.9. The molecule has 3 N–H and O–H groups in total. The first-order valence-electron chi connectivity index (χ1n) is 19.4. The van der Waals surface area contributed by atoms with E-state index in [2.05, 4.69) is 42.3 Å². The van der Waals surface area contributed by atoms with Crippen molar-refractivity contribution in [2.75, 3.05) is 19.7 Å². The fourth-order valence-corrected chi connectivity index (χ4v) is 14.0. The monoisotopic (exact) mass is 826 g/mol. The molecule has 1 aromatic heterocycles. The number of allylic oxidation sites excluding steroid dienone is 2. The number of rotatable bonds is 10. The van der Waals surface area contributed by atoms with E-state index in [1.807, 2.05) is 94.5 Å². The standard InChI is InChI=1S/C31H45N2O9PSi2.C9H15N2/c1-29(2,3)44(7,8)42-31(41-43(37)38)24(40-27(26(31)35)33-20-19-25(34)32-28(33)36)21-39-45(30(4,5)6,22-15-11-9-12-16-22)23-17-13-10-14-18-23;1-3-7-10-11-8-4-2-6-9(11)5-1/h9-20,24,26-27,35,43H,21H2,1-8H3,(H,37,38)(H,32,34,36);10H,1-5,7-8H2/q;+1/p-1/t24-,26+,27-,31+;/m1./s1. The SMILES string of the molecule is CC(C)(C)[Si](C)(C)O[C@@]1(O[PH](=O)[O-])[C@@H](CO[Si](c2ccccc2)(c2ccccc2)C(C)(C)C)O[C@@H](n2ccc(=O)[nH]c2=O)[C@@H]1O.[C+]1=C2CCCCNN2CCC1. The van der Waals surface area contributed by atoms with Gasteiger partial charge in [-0.3, -0.25) is 19.4 Å². The molecule has 2 fully saturated rings. The molecule has 3 aliphatic heterocycles. The number of benzene rings is 2. The molecule has 56 heavy (non-hydrogen) atoms. The number of hydrazine groups is 1. The number of hydrogen-bond acceptors (Lipinski definition) is 11. The summed E-state index contributed by atoms with van der Waals surface area (Å²) in [5.74, 6) is -2.26. The number of aliphatic hydroxyl groups is 1. The van der Waals surface area contributed by atoms with Gasteiger partial charge in [-0.05, 0) is 46.4 Å². The average molecular weight is 827 g/mol. The number of aromatic amines is 1. The molecule has 1 unspecified atom stereocenters. The van der Waals surface area contributed by atoms with Gasteiger partial charge in [-0.15, -0.1) is 0 Å². The third-order valence-electron chi connectivity index (χ3n) is 11.2. The van der Waals surface area contributed by atoms with E-state index in [9.17, 15) is 24.2 Å². The summed E-state index contributed by atoms with van der Waals surface area (Å²) in [6.45, 7) is 18.1. The van der Waals surface area contributed by atoms with Crippen molar-refractivity contribution in [1.82, 2.24) is 20.0 Å². The minimum absolute atomic E-state index is 0.247. The van der Waals surface area contributed by atoms with E-state index >= 15 is 0 Å². The highest BCUT2D eigenvalue weighted by Crippen LogP contribution is 2.50. The summed E-state index contributed by atoms with van der Waals surface area (Å²) < 4.78 is 39.1. The first kappa shape index (κ1) is 44.1. The van der Waals surface area contributed by atoms with Crippen LogP contribution in [-0.2, 0) is 22.7 Å². The van der Waals surface area contributed by atoms with Crippen LogP contribution in [0.25, 0.3) is 0 Å². The van der Waals surface area contributed by atoms with E-state index in [0.717, 1.165) is 34.0 Å². The molecule has 0 amide bonds. The van der Waals surface area contributed by atoms with Crippen LogP contribution in [0.2, 0.25) is 23.2 Å². The average Bonchev–Trinajstić information content (AvgIpc) is 3.25. The number of nitrogens with zero attached hydrogens (tertiary/aromatic N) is 2. The molecule has 6 rings (SSSR count). The maximum atomic E-state index is 12.9. The predicted molar refractivity (Wildman–Crippen MR) is 220 cm³/mol. The molecular weight excluding hydrogens is 768 g/mol. The molecule has 0 spiro atoms. The lowest BCUT2D eigenvalue weighted by atomic mass is 10.1. The van der Waals surface area contributed by atoms with Crippen LogP contribution in [0.5, 0.6) is 0 Å². The first-order chi connectivity index (χ1) is 26.3. The Hall–Kier alpha value is -3.05. The molecule has 5 atom stereocenters.